The number of nitrogens with zero attached hydrogens (tertiary/aromatic N) is 8. The van der Waals surface area contributed by atoms with Crippen molar-refractivity contribution in [1.82, 2.24) is 24.5 Å². The van der Waals surface area contributed by atoms with E-state index in [0.717, 1.165) is 61.8 Å². The molecular formula is C92H105ClF13N9O23S2+2. The lowest BCUT2D eigenvalue weighted by Crippen LogP contribution is -2.71. The minimum atomic E-state index is -1.13. The number of fused-ring (bicyclic) bond motifs is 4. The molecule has 0 saturated carbocycles. The number of piperazine rings is 3. The van der Waals surface area contributed by atoms with E-state index in [2.05, 4.69) is 58.5 Å². The number of aryl methyl sites for hydroxylation is 1. The molecule has 0 spiro atoms. The highest BCUT2D eigenvalue weighted by Gasteiger charge is 2.50. The lowest BCUT2D eigenvalue weighted by molar-refractivity contribution is -1.15. The number of methoxy groups -OCH3 is 16. The summed E-state index contributed by atoms with van der Waals surface area (Å²) in [5.74, 6) is -11.8. The van der Waals surface area contributed by atoms with Gasteiger partial charge in [-0.3, -0.25) is 18.6 Å². The smallest absolute Gasteiger partial charge is 0.373 e. The molecule has 6 heterocycles. The maximum atomic E-state index is 14.8. The number of aldehydes is 1. The molecule has 2 bridgehead atoms. The number of aromatic nitrogens is 5. The molecule has 7 aromatic carbocycles. The van der Waals surface area contributed by atoms with Crippen molar-refractivity contribution in [3.05, 3.63) is 204 Å². The number of halogens is 14. The Kier molecular flexibility index (Phi) is 51.3. The van der Waals surface area contributed by atoms with Gasteiger partial charge in [-0.05, 0) is 48.0 Å². The SMILES string of the molecule is CCCc1c(F)c(OC)cc(OC)c1F.CCc1c(F)c(OC)cc(OC)c1F.CNc1nc(SC)ncc1C=O.COC(=O)c1c(F)c(OC)cc(OC)c1F.COC(=O)c1cc(OC)cc(OC)c1.COc1cc(OC)c(F)c(-c2cc3cnc(SC)nc3n(C)c2=O)c1F.COc1cc(OC)c(F)c(CO)c1F.F[N+]12CC[N+](CCl)(CC1)CC2.O=C=O.[C-]#[N+]Cc1c(F)c(OC)cc(OC)c1F. The van der Waals surface area contributed by atoms with Crippen molar-refractivity contribution in [1.29, 1.82) is 0 Å². The quantitative estimate of drug-likeness (QED) is 0.00461. The monoisotopic (exact) mass is 2050 g/mol. The number of ether oxygens (including phenoxy) is 16. The second kappa shape index (κ2) is 59.6. The molecule has 3 aliphatic heterocycles. The van der Waals surface area contributed by atoms with Gasteiger partial charge in [-0.25, -0.2) is 88.8 Å². The average molecular weight is 2050 g/mol. The molecule has 3 fully saturated rings. The molecule has 0 radical (unpaired) electrons. The van der Waals surface area contributed by atoms with Gasteiger partial charge >= 0.3 is 18.1 Å². The first kappa shape index (κ1) is 121. The number of hydrogen-bond donors (Lipinski definition) is 2. The highest BCUT2D eigenvalue weighted by atomic mass is 35.5. The number of nitrogens with one attached hydrogen (secondary N) is 1. The molecule has 140 heavy (non-hydrogen) atoms. The summed E-state index contributed by atoms with van der Waals surface area (Å²) in [6.07, 6.45) is 8.93. The van der Waals surface area contributed by atoms with Gasteiger partial charge < -0.3 is 91.1 Å². The number of thioether (sulfide) groups is 2. The van der Waals surface area contributed by atoms with E-state index in [9.17, 15) is 76.3 Å². The van der Waals surface area contributed by atoms with E-state index >= 15 is 0 Å². The summed E-state index contributed by atoms with van der Waals surface area (Å²) in [6, 6.07) is 13.6. The number of anilines is 1. The second-order valence-electron chi connectivity index (χ2n) is 27.8. The topological polar surface area (TPSA) is 343 Å². The van der Waals surface area contributed by atoms with Crippen LogP contribution in [0.4, 0.5) is 63.0 Å². The minimum absolute atomic E-state index is 0.0000926. The number of hydrogen-bond acceptors (Lipinski definition) is 30. The zero-order valence-corrected chi connectivity index (χ0v) is 82.5. The lowest BCUT2D eigenvalue weighted by Gasteiger charge is -2.48. The van der Waals surface area contributed by atoms with Gasteiger partial charge in [0, 0.05) is 85.5 Å². The number of rotatable bonds is 27. The maximum Gasteiger partial charge on any atom is 0.373 e. The number of alkyl halides is 1. The van der Waals surface area contributed by atoms with E-state index in [1.54, 1.807) is 38.4 Å². The van der Waals surface area contributed by atoms with Crippen LogP contribution in [0, 0.1) is 76.4 Å². The summed E-state index contributed by atoms with van der Waals surface area (Å²) >= 11 is 8.61. The minimum Gasteiger partial charge on any atom is -0.497 e. The molecule has 13 rings (SSSR count). The Labute approximate surface area is 810 Å². The van der Waals surface area contributed by atoms with Crippen LogP contribution < -0.4 is 77.2 Å². The van der Waals surface area contributed by atoms with Gasteiger partial charge in [-0.2, -0.15) is 9.59 Å². The van der Waals surface area contributed by atoms with E-state index in [4.69, 9.17) is 80.2 Å². The fourth-order valence-corrected chi connectivity index (χ4v) is 13.5. The molecule has 0 aliphatic carbocycles. The first-order valence-corrected chi connectivity index (χ1v) is 43.5. The third kappa shape index (κ3) is 31.2. The number of benzene rings is 7. The molecular weight excluding hydrogens is 1950 g/mol. The van der Waals surface area contributed by atoms with Crippen LogP contribution in [0.5, 0.6) is 80.5 Å². The van der Waals surface area contributed by atoms with Gasteiger partial charge in [0.2, 0.25) is 6.54 Å². The molecule has 0 unspecified atom stereocenters. The number of carbonyl (C=O) groups is 3. The largest absolute Gasteiger partial charge is 0.497 e. The molecule has 10 aromatic rings. The highest BCUT2D eigenvalue weighted by molar-refractivity contribution is 7.98. The zero-order valence-electron chi connectivity index (χ0n) is 80.1. The number of quaternary nitrogens is 2. The summed E-state index contributed by atoms with van der Waals surface area (Å²) in [5, 5.41) is 13.2. The predicted octanol–water partition coefficient (Wildman–Crippen LogP) is 16.8. The van der Waals surface area contributed by atoms with Crippen LogP contribution in [0.25, 0.3) is 27.0 Å². The summed E-state index contributed by atoms with van der Waals surface area (Å²) in [7, 11) is 23.8. The second-order valence-corrected chi connectivity index (χ2v) is 29.6. The van der Waals surface area contributed by atoms with Crippen molar-refractivity contribution in [3.8, 4) is 91.6 Å². The van der Waals surface area contributed by atoms with Crippen LogP contribution >= 0.6 is 35.1 Å². The molecule has 3 aromatic heterocycles. The number of aliphatic hydroxyl groups is 1. The molecule has 764 valence electrons. The van der Waals surface area contributed by atoms with Crippen LogP contribution in [0.15, 0.2) is 88.2 Å². The Morgan fingerprint density at radius 2 is 0.843 bits per heavy atom. The average Bonchev–Trinajstić information content (AvgIpc) is 0.817. The normalized spacial score (nSPS) is 13.0. The molecule has 48 heteroatoms. The third-order valence-corrected chi connectivity index (χ3v) is 21.7. The van der Waals surface area contributed by atoms with Crippen molar-refractivity contribution in [2.24, 2.45) is 7.05 Å². The van der Waals surface area contributed by atoms with Crippen LogP contribution in [0.2, 0.25) is 0 Å². The molecule has 0 amide bonds. The van der Waals surface area contributed by atoms with Gasteiger partial charge in [0.1, 0.15) is 53.7 Å². The fraction of sp³-hybridized carbons (Fsp3) is 0.370. The van der Waals surface area contributed by atoms with E-state index < -0.39 is 111 Å². The van der Waals surface area contributed by atoms with Crippen LogP contribution in [0.3, 0.4) is 0 Å². The lowest BCUT2D eigenvalue weighted by atomic mass is 10.0. The van der Waals surface area contributed by atoms with Crippen molar-refractivity contribution in [2.75, 3.05) is 184 Å². The zero-order chi connectivity index (χ0) is 106. The van der Waals surface area contributed by atoms with Gasteiger partial charge in [-0.1, -0.05) is 55.4 Å². The van der Waals surface area contributed by atoms with Crippen molar-refractivity contribution >= 4 is 76.4 Å². The Balaban J connectivity index is 0.000000408. The molecule has 32 nitrogen and oxygen atoms in total. The summed E-state index contributed by atoms with van der Waals surface area (Å²) < 4.78 is 256. The van der Waals surface area contributed by atoms with Gasteiger partial charge in [0.25, 0.3) is 5.56 Å². The van der Waals surface area contributed by atoms with Gasteiger partial charge in [0.15, 0.2) is 181 Å². The number of pyridine rings is 1. The van der Waals surface area contributed by atoms with E-state index in [-0.39, 0.29) is 115 Å². The van der Waals surface area contributed by atoms with Gasteiger partial charge in [-0.15, -0.1) is 4.71 Å². The summed E-state index contributed by atoms with van der Waals surface area (Å²) in [5.41, 5.74) is -1.65. The molecule has 0 atom stereocenters. The van der Waals surface area contributed by atoms with E-state index in [0.29, 0.717) is 88.3 Å². The summed E-state index contributed by atoms with van der Waals surface area (Å²) in [6.45, 7) is 13.8. The van der Waals surface area contributed by atoms with E-state index in [1.165, 1.54) is 172 Å². The van der Waals surface area contributed by atoms with Crippen LogP contribution in [-0.4, -0.2) is 242 Å². The standard InChI is InChI=1S/C17H15F2N3O3S.C11H14F2O2.C10H9F2NO2.C10H10F2O4.C10H12F2O2.C10H12O4.C9H10F2O3.C7H14ClFN2.C7H9N3OS.CO2/c1-22-15-8(7-20-17(21-15)26-4)5-9(16(22)23)12-13(18)10(24-2)6-11(25-3)14(12)19;1-4-5-7-10(12)8(14-2)6-9(15-3)11(7)13;1-13-5-6-9(11)7(14-2)4-8(15-3)10(6)12;1-14-5-4-6(15-2)9(12)7(8(5)11)10(13)16-3;1-4-6-9(11)7(13-2)5-8(14-3)10(6)12;1-12-8-4-7(10(11)14-3)5-9(6-8)13-2;1-13-6-3-7(14-2)9(11)5(4-12)8(6)10;8-7-10-1-4-11(9,5-2-10)6-3-10;1-8-6-5(4-11)3-9-7(10-6)12-2;2-1-3/h5-7H,1-4H3;6H,4-5H2,1-3H3;4H,5H2,2-3H3;4H,1-3H3;5H,4H2,1-3H3;4-6H,1-3H3;3,12H,4H2,1-2H3;1-7H2;3-4H,1-2H3,(H,8,9,10);/q;;;;;;;+2;;. The highest BCUT2D eigenvalue weighted by Crippen LogP contribution is 2.41. The van der Waals surface area contributed by atoms with Crippen molar-refractivity contribution in [3.63, 3.8) is 0 Å². The van der Waals surface area contributed by atoms with Crippen molar-refractivity contribution in [2.45, 2.75) is 56.6 Å². The number of aliphatic hydroxyl groups excluding tert-OH is 1. The fourth-order valence-electron chi connectivity index (χ4n) is 12.5. The molecule has 3 aliphatic rings. The number of esters is 2. The maximum absolute atomic E-state index is 14.8. The first-order chi connectivity index (χ1) is 66.7. The van der Waals surface area contributed by atoms with Crippen LogP contribution in [-0.2, 0) is 52.1 Å². The first-order valence-electron chi connectivity index (χ1n) is 40.5. The molecule has 2 N–H and O–H groups in total. The van der Waals surface area contributed by atoms with Crippen LogP contribution in [0.1, 0.15) is 73.6 Å². The number of carbonyl (C=O) groups excluding carboxylic acids is 5. The Morgan fingerprint density at radius 1 is 0.500 bits per heavy atom. The third-order valence-electron chi connectivity index (χ3n) is 20.1. The summed E-state index contributed by atoms with van der Waals surface area (Å²) in [4.78, 5) is 81.3. The van der Waals surface area contributed by atoms with Gasteiger partial charge in [0.05, 0.1) is 148 Å². The van der Waals surface area contributed by atoms with E-state index in [1.807, 2.05) is 13.2 Å². The van der Waals surface area contributed by atoms with Crippen molar-refractivity contribution < 1.29 is 171 Å². The Bertz CT molecular complexity index is 5720. The Morgan fingerprint density at radius 3 is 1.16 bits per heavy atom. The predicted molar refractivity (Wildman–Crippen MR) is 489 cm³/mol. The molecule has 3 saturated heterocycles. The Hall–Kier alpha value is -13.7.